The molecule has 1 aromatic heterocycles. The Morgan fingerprint density at radius 3 is 2.71 bits per heavy atom. The molecule has 0 radical (unpaired) electrons. The largest absolute Gasteiger partial charge is 0.520 e. The molecule has 4 heteroatoms. The second kappa shape index (κ2) is 4.37. The molecule has 0 aliphatic carbocycles. The first kappa shape index (κ1) is 11.9. The van der Waals surface area contributed by atoms with Gasteiger partial charge in [0.25, 0.3) is 5.97 Å². The van der Waals surface area contributed by atoms with Crippen molar-refractivity contribution in [3.63, 3.8) is 0 Å². The molecule has 0 bridgehead atoms. The highest BCUT2D eigenvalue weighted by atomic mass is 28.4. The molecule has 1 N–H and O–H groups in total. The maximum absolute atomic E-state index is 11.8. The van der Waals surface area contributed by atoms with E-state index in [4.69, 9.17) is 4.43 Å². The van der Waals surface area contributed by atoms with Crippen LogP contribution in [0.4, 0.5) is 0 Å². The van der Waals surface area contributed by atoms with E-state index in [1.165, 1.54) is 0 Å². The van der Waals surface area contributed by atoms with Crippen molar-refractivity contribution < 1.29 is 9.22 Å². The number of H-pyrrole nitrogens is 1. The Hall–Kier alpha value is -1.55. The number of carbonyl (C=O) groups excluding carboxylic acids is 1. The minimum atomic E-state index is -1.78. The van der Waals surface area contributed by atoms with E-state index in [0.717, 1.165) is 16.5 Å². The van der Waals surface area contributed by atoms with Crippen LogP contribution in [0.5, 0.6) is 0 Å². The summed E-state index contributed by atoms with van der Waals surface area (Å²) in [4.78, 5) is 14.9. The zero-order valence-electron chi connectivity index (χ0n) is 10.4. The first-order chi connectivity index (χ1) is 7.96. The van der Waals surface area contributed by atoms with Crippen LogP contribution >= 0.6 is 0 Å². The summed E-state index contributed by atoms with van der Waals surface area (Å²) in [5, 5.41) is 1.10. The number of aromatic nitrogens is 1. The van der Waals surface area contributed by atoms with Gasteiger partial charge in [-0.3, -0.25) is 4.79 Å². The van der Waals surface area contributed by atoms with Gasteiger partial charge in [-0.15, -0.1) is 0 Å². The lowest BCUT2D eigenvalue weighted by Gasteiger charge is -2.16. The third-order valence-corrected chi connectivity index (χ3v) is 3.27. The van der Waals surface area contributed by atoms with Gasteiger partial charge in [-0.05, 0) is 31.3 Å². The second-order valence-corrected chi connectivity index (χ2v) is 9.55. The zero-order valence-corrected chi connectivity index (χ0v) is 11.4. The Morgan fingerprint density at radius 2 is 2.00 bits per heavy atom. The lowest BCUT2D eigenvalue weighted by molar-refractivity contribution is -0.134. The number of hydrogen-bond acceptors (Lipinski definition) is 2. The van der Waals surface area contributed by atoms with Crippen molar-refractivity contribution in [3.8, 4) is 0 Å². The van der Waals surface area contributed by atoms with Gasteiger partial charge >= 0.3 is 0 Å². The van der Waals surface area contributed by atoms with Crippen LogP contribution < -0.4 is 0 Å². The molecule has 17 heavy (non-hydrogen) atoms. The van der Waals surface area contributed by atoms with Crippen LogP contribution in [0, 0.1) is 0 Å². The molecule has 1 heterocycles. The number of carbonyl (C=O) groups is 1. The van der Waals surface area contributed by atoms with Gasteiger partial charge in [-0.25, -0.2) is 0 Å². The number of rotatable bonds is 3. The topological polar surface area (TPSA) is 42.1 Å². The molecule has 0 saturated carbocycles. The van der Waals surface area contributed by atoms with Crippen LogP contribution in [0.2, 0.25) is 19.6 Å². The van der Waals surface area contributed by atoms with E-state index in [1.54, 1.807) is 0 Å². The molecule has 1 aromatic carbocycles. The summed E-state index contributed by atoms with van der Waals surface area (Å²) < 4.78 is 5.45. The van der Waals surface area contributed by atoms with Gasteiger partial charge in [0.1, 0.15) is 0 Å². The van der Waals surface area contributed by atoms with Crippen LogP contribution in [0.1, 0.15) is 5.56 Å². The molecule has 0 amide bonds. The Labute approximate surface area is 102 Å². The Kier molecular flexibility index (Phi) is 3.06. The second-order valence-electron chi connectivity index (χ2n) is 5.12. The molecular formula is C13H17NO2Si. The van der Waals surface area contributed by atoms with Crippen LogP contribution in [0.15, 0.2) is 30.5 Å². The van der Waals surface area contributed by atoms with Crippen molar-refractivity contribution in [1.82, 2.24) is 4.98 Å². The van der Waals surface area contributed by atoms with E-state index in [9.17, 15) is 4.79 Å². The SMILES string of the molecule is C[Si](C)(C)OC(=O)Cc1c[nH]c2ccccc12. The Morgan fingerprint density at radius 1 is 1.29 bits per heavy atom. The van der Waals surface area contributed by atoms with Crippen LogP contribution in [0.3, 0.4) is 0 Å². The summed E-state index contributed by atoms with van der Waals surface area (Å²) in [6, 6.07) is 7.97. The Bertz CT molecular complexity index is 540. The average molecular weight is 247 g/mol. The number of nitrogens with one attached hydrogen (secondary N) is 1. The summed E-state index contributed by atoms with van der Waals surface area (Å²) in [6.07, 6.45) is 2.23. The molecule has 3 nitrogen and oxygen atoms in total. The Balaban J connectivity index is 2.16. The van der Waals surface area contributed by atoms with E-state index in [1.807, 2.05) is 50.1 Å². The number of para-hydroxylation sites is 1. The lowest BCUT2D eigenvalue weighted by atomic mass is 10.1. The number of benzene rings is 1. The lowest BCUT2D eigenvalue weighted by Crippen LogP contribution is -2.29. The van der Waals surface area contributed by atoms with Crippen molar-refractivity contribution in [2.45, 2.75) is 26.1 Å². The highest BCUT2D eigenvalue weighted by Crippen LogP contribution is 2.19. The van der Waals surface area contributed by atoms with Gasteiger partial charge in [0.05, 0.1) is 6.42 Å². The normalized spacial score (nSPS) is 11.7. The van der Waals surface area contributed by atoms with Gasteiger partial charge in [0.15, 0.2) is 0 Å². The smallest absolute Gasteiger partial charge is 0.297 e. The van der Waals surface area contributed by atoms with Crippen molar-refractivity contribution in [3.05, 3.63) is 36.0 Å². The number of fused-ring (bicyclic) bond motifs is 1. The van der Waals surface area contributed by atoms with E-state index < -0.39 is 8.32 Å². The maximum atomic E-state index is 11.8. The average Bonchev–Trinajstić information content (AvgIpc) is 2.59. The molecule has 0 unspecified atom stereocenters. The summed E-state index contributed by atoms with van der Waals surface area (Å²) in [5.74, 6) is -0.131. The summed E-state index contributed by atoms with van der Waals surface area (Å²) >= 11 is 0. The molecule has 2 aromatic rings. The molecule has 0 saturated heterocycles. The van der Waals surface area contributed by atoms with Gasteiger partial charge in [0.2, 0.25) is 8.32 Å². The third-order valence-electron chi connectivity index (χ3n) is 2.43. The molecule has 0 spiro atoms. The summed E-state index contributed by atoms with van der Waals surface area (Å²) in [7, 11) is -1.78. The standard InChI is InChI=1S/C13H17NO2Si/c1-17(2,3)16-13(15)8-10-9-14-12-7-5-4-6-11(10)12/h4-7,9,14H,8H2,1-3H3. The fourth-order valence-corrected chi connectivity index (χ4v) is 2.57. The monoisotopic (exact) mass is 247 g/mol. The predicted octanol–water partition coefficient (Wildman–Crippen LogP) is 3.09. The molecule has 0 aliphatic rings. The summed E-state index contributed by atoms with van der Waals surface area (Å²) in [6.45, 7) is 6.04. The number of hydrogen-bond donors (Lipinski definition) is 1. The molecule has 0 atom stereocenters. The predicted molar refractivity (Wildman–Crippen MR) is 71.4 cm³/mol. The van der Waals surface area contributed by atoms with Crippen molar-refractivity contribution in [1.29, 1.82) is 0 Å². The zero-order chi connectivity index (χ0) is 12.5. The molecule has 2 rings (SSSR count). The molecule has 90 valence electrons. The van der Waals surface area contributed by atoms with Gasteiger partial charge in [-0.1, -0.05) is 18.2 Å². The van der Waals surface area contributed by atoms with Crippen molar-refractivity contribution in [2.24, 2.45) is 0 Å². The fourth-order valence-electron chi connectivity index (χ4n) is 1.81. The van der Waals surface area contributed by atoms with E-state index in [0.29, 0.717) is 6.42 Å². The van der Waals surface area contributed by atoms with E-state index >= 15 is 0 Å². The van der Waals surface area contributed by atoms with E-state index in [-0.39, 0.29) is 5.97 Å². The summed E-state index contributed by atoms with van der Waals surface area (Å²) in [5.41, 5.74) is 2.06. The molecule has 0 fully saturated rings. The first-order valence-corrected chi connectivity index (χ1v) is 9.13. The fraction of sp³-hybridized carbons (Fsp3) is 0.308. The highest BCUT2D eigenvalue weighted by molar-refractivity contribution is 6.71. The van der Waals surface area contributed by atoms with Crippen molar-refractivity contribution >= 4 is 25.2 Å². The third kappa shape index (κ3) is 2.97. The van der Waals surface area contributed by atoms with E-state index in [2.05, 4.69) is 4.98 Å². The minimum Gasteiger partial charge on any atom is -0.520 e. The quantitative estimate of drug-likeness (QED) is 0.847. The van der Waals surface area contributed by atoms with Gasteiger partial charge in [-0.2, -0.15) is 0 Å². The number of aromatic amines is 1. The molecular weight excluding hydrogens is 230 g/mol. The van der Waals surface area contributed by atoms with Crippen LogP contribution in [0.25, 0.3) is 10.9 Å². The van der Waals surface area contributed by atoms with Crippen molar-refractivity contribution in [2.75, 3.05) is 0 Å². The maximum Gasteiger partial charge on any atom is 0.297 e. The first-order valence-electron chi connectivity index (χ1n) is 5.72. The van der Waals surface area contributed by atoms with Crippen LogP contribution in [-0.2, 0) is 15.6 Å². The van der Waals surface area contributed by atoms with Gasteiger partial charge < -0.3 is 9.41 Å². The van der Waals surface area contributed by atoms with Gasteiger partial charge in [0, 0.05) is 17.1 Å². The molecule has 0 aliphatic heterocycles. The van der Waals surface area contributed by atoms with Crippen LogP contribution in [-0.4, -0.2) is 19.3 Å². The highest BCUT2D eigenvalue weighted by Gasteiger charge is 2.20. The minimum absolute atomic E-state index is 0.131.